The molecule has 1 heterocycles. The maximum absolute atomic E-state index is 13.6. The van der Waals surface area contributed by atoms with Crippen molar-refractivity contribution in [1.82, 2.24) is 0 Å². The number of hydrogen-bond donors (Lipinski definition) is 1. The number of fused-ring (bicyclic) bond motifs is 1. The van der Waals surface area contributed by atoms with E-state index in [1.807, 2.05) is 18.2 Å². The molecule has 0 fully saturated rings. The molecule has 2 atom stereocenters. The van der Waals surface area contributed by atoms with E-state index in [2.05, 4.69) is 0 Å². The van der Waals surface area contributed by atoms with Crippen molar-refractivity contribution in [2.45, 2.75) is 19.1 Å². The standard InChI is InChI=1S/C26H25NO5/c1-17(24(28)19-9-5-4-6-10-19)26(30)20-11-7-8-12-21(20)27(25(26)29)16-18-13-14-22(31-2)23(15-18)32-3/h4-15,17,30H,16H2,1-3H3/t17-,26-/m0/s1. The van der Waals surface area contributed by atoms with Gasteiger partial charge in [0.15, 0.2) is 22.9 Å². The molecule has 0 aliphatic carbocycles. The monoisotopic (exact) mass is 431 g/mol. The second-order valence-corrected chi connectivity index (χ2v) is 7.82. The van der Waals surface area contributed by atoms with Gasteiger partial charge < -0.3 is 19.5 Å². The highest BCUT2D eigenvalue weighted by atomic mass is 16.5. The van der Waals surface area contributed by atoms with Gasteiger partial charge in [0.05, 0.1) is 32.4 Å². The zero-order chi connectivity index (χ0) is 22.9. The van der Waals surface area contributed by atoms with Crippen LogP contribution in [0.25, 0.3) is 0 Å². The highest BCUT2D eigenvalue weighted by Crippen LogP contribution is 2.46. The Morgan fingerprint density at radius 1 is 0.969 bits per heavy atom. The first-order chi connectivity index (χ1) is 15.4. The lowest BCUT2D eigenvalue weighted by atomic mass is 9.79. The fraction of sp³-hybridized carbons (Fsp3) is 0.231. The summed E-state index contributed by atoms with van der Waals surface area (Å²) in [7, 11) is 3.11. The summed E-state index contributed by atoms with van der Waals surface area (Å²) >= 11 is 0. The van der Waals surface area contributed by atoms with Crippen LogP contribution in [0, 0.1) is 5.92 Å². The van der Waals surface area contributed by atoms with Crippen LogP contribution in [0.5, 0.6) is 11.5 Å². The Balaban J connectivity index is 1.72. The van der Waals surface area contributed by atoms with E-state index in [0.29, 0.717) is 28.3 Å². The normalized spacial score (nSPS) is 18.2. The van der Waals surface area contributed by atoms with Crippen LogP contribution in [0.2, 0.25) is 0 Å². The number of amides is 1. The number of Topliss-reactive ketones (excluding diaryl/α,β-unsaturated/α-hetero) is 1. The number of ether oxygens (including phenoxy) is 2. The maximum Gasteiger partial charge on any atom is 0.264 e. The molecule has 0 radical (unpaired) electrons. The molecule has 0 bridgehead atoms. The van der Waals surface area contributed by atoms with E-state index in [0.717, 1.165) is 5.56 Å². The molecule has 1 aliphatic rings. The van der Waals surface area contributed by atoms with Crippen LogP contribution >= 0.6 is 0 Å². The van der Waals surface area contributed by atoms with Crippen LogP contribution < -0.4 is 14.4 Å². The molecular formula is C26H25NO5. The average molecular weight is 431 g/mol. The van der Waals surface area contributed by atoms with Crippen molar-refractivity contribution >= 4 is 17.4 Å². The van der Waals surface area contributed by atoms with Crippen molar-refractivity contribution in [2.75, 3.05) is 19.1 Å². The van der Waals surface area contributed by atoms with E-state index in [4.69, 9.17) is 9.47 Å². The number of hydrogen-bond acceptors (Lipinski definition) is 5. The zero-order valence-corrected chi connectivity index (χ0v) is 18.2. The van der Waals surface area contributed by atoms with Gasteiger partial charge in [0.25, 0.3) is 5.91 Å². The van der Waals surface area contributed by atoms with E-state index in [-0.39, 0.29) is 12.3 Å². The first-order valence-corrected chi connectivity index (χ1v) is 10.4. The van der Waals surface area contributed by atoms with Crippen molar-refractivity contribution < 1.29 is 24.2 Å². The number of aliphatic hydroxyl groups is 1. The van der Waals surface area contributed by atoms with Crippen molar-refractivity contribution in [3.63, 3.8) is 0 Å². The van der Waals surface area contributed by atoms with Gasteiger partial charge in [-0.1, -0.05) is 61.5 Å². The summed E-state index contributed by atoms with van der Waals surface area (Å²) in [5, 5.41) is 11.7. The number of ketones is 1. The molecule has 4 rings (SSSR count). The third-order valence-electron chi connectivity index (χ3n) is 6.04. The topological polar surface area (TPSA) is 76.1 Å². The Morgan fingerprint density at radius 3 is 2.31 bits per heavy atom. The van der Waals surface area contributed by atoms with E-state index >= 15 is 0 Å². The number of methoxy groups -OCH3 is 2. The van der Waals surface area contributed by atoms with Gasteiger partial charge in [-0.2, -0.15) is 0 Å². The second kappa shape index (κ2) is 8.48. The molecule has 1 amide bonds. The Labute approximate surface area is 187 Å². The molecule has 3 aromatic carbocycles. The summed E-state index contributed by atoms with van der Waals surface area (Å²) in [4.78, 5) is 28.3. The summed E-state index contributed by atoms with van der Waals surface area (Å²) in [5.41, 5.74) is 0.318. The zero-order valence-electron chi connectivity index (χ0n) is 18.2. The van der Waals surface area contributed by atoms with Gasteiger partial charge in [0.1, 0.15) is 0 Å². The Bertz CT molecular complexity index is 1160. The van der Waals surface area contributed by atoms with Gasteiger partial charge in [-0.05, 0) is 23.8 Å². The van der Waals surface area contributed by atoms with Gasteiger partial charge in [-0.25, -0.2) is 0 Å². The molecule has 0 saturated heterocycles. The fourth-order valence-electron chi connectivity index (χ4n) is 4.24. The number of nitrogens with zero attached hydrogens (tertiary/aromatic N) is 1. The quantitative estimate of drug-likeness (QED) is 0.573. The van der Waals surface area contributed by atoms with Crippen molar-refractivity contribution in [3.05, 3.63) is 89.5 Å². The number of carbonyl (C=O) groups is 2. The summed E-state index contributed by atoms with van der Waals surface area (Å²) in [5.74, 6) is -0.640. The summed E-state index contributed by atoms with van der Waals surface area (Å²) in [6.07, 6.45) is 0. The molecule has 1 aliphatic heterocycles. The molecule has 1 N–H and O–H groups in total. The molecule has 0 spiro atoms. The van der Waals surface area contributed by atoms with E-state index in [1.54, 1.807) is 75.7 Å². The lowest BCUT2D eigenvalue weighted by molar-refractivity contribution is -0.139. The van der Waals surface area contributed by atoms with Crippen LogP contribution in [0.3, 0.4) is 0 Å². The van der Waals surface area contributed by atoms with E-state index in [1.165, 1.54) is 4.90 Å². The van der Waals surface area contributed by atoms with Gasteiger partial charge in [0.2, 0.25) is 0 Å². The average Bonchev–Trinajstić information content (AvgIpc) is 3.06. The predicted octanol–water partition coefficient (Wildman–Crippen LogP) is 3.96. The van der Waals surface area contributed by atoms with Gasteiger partial charge in [-0.3, -0.25) is 9.59 Å². The third kappa shape index (κ3) is 3.42. The number of anilines is 1. The Kier molecular flexibility index (Phi) is 5.72. The number of carbonyl (C=O) groups excluding carboxylic acids is 2. The van der Waals surface area contributed by atoms with Crippen LogP contribution in [0.1, 0.15) is 28.4 Å². The van der Waals surface area contributed by atoms with E-state index < -0.39 is 17.4 Å². The number of benzene rings is 3. The van der Waals surface area contributed by atoms with Crippen LogP contribution in [0.4, 0.5) is 5.69 Å². The minimum absolute atomic E-state index is 0.213. The molecule has 0 unspecified atom stereocenters. The molecular weight excluding hydrogens is 406 g/mol. The lowest BCUT2D eigenvalue weighted by Gasteiger charge is -2.28. The third-order valence-corrected chi connectivity index (χ3v) is 6.04. The van der Waals surface area contributed by atoms with Crippen molar-refractivity contribution in [3.8, 4) is 11.5 Å². The highest BCUT2D eigenvalue weighted by Gasteiger charge is 2.55. The number of rotatable bonds is 7. The minimum atomic E-state index is -1.96. The van der Waals surface area contributed by atoms with Gasteiger partial charge >= 0.3 is 0 Å². The van der Waals surface area contributed by atoms with Gasteiger partial charge in [-0.15, -0.1) is 0 Å². The predicted molar refractivity (Wildman–Crippen MR) is 121 cm³/mol. The SMILES string of the molecule is COc1ccc(CN2C(=O)[C@](O)([C@@H](C)C(=O)c3ccccc3)c3ccccc32)cc1OC. The van der Waals surface area contributed by atoms with Crippen LogP contribution in [0.15, 0.2) is 72.8 Å². The molecule has 32 heavy (non-hydrogen) atoms. The van der Waals surface area contributed by atoms with Crippen LogP contribution in [-0.4, -0.2) is 31.0 Å². The lowest BCUT2D eigenvalue weighted by Crippen LogP contribution is -2.47. The van der Waals surface area contributed by atoms with Gasteiger partial charge in [0, 0.05) is 11.1 Å². The second-order valence-electron chi connectivity index (χ2n) is 7.82. The van der Waals surface area contributed by atoms with E-state index in [9.17, 15) is 14.7 Å². The minimum Gasteiger partial charge on any atom is -0.493 e. The Morgan fingerprint density at radius 2 is 1.62 bits per heavy atom. The molecule has 0 aromatic heterocycles. The maximum atomic E-state index is 13.6. The summed E-state index contributed by atoms with van der Waals surface area (Å²) < 4.78 is 10.7. The first-order valence-electron chi connectivity index (χ1n) is 10.4. The fourth-order valence-corrected chi connectivity index (χ4v) is 4.24. The molecule has 6 nitrogen and oxygen atoms in total. The first kappa shape index (κ1) is 21.6. The summed E-state index contributed by atoms with van der Waals surface area (Å²) in [6, 6.07) is 21.2. The largest absolute Gasteiger partial charge is 0.493 e. The molecule has 3 aromatic rings. The smallest absolute Gasteiger partial charge is 0.264 e. The number of para-hydroxylation sites is 1. The Hall–Kier alpha value is -3.64. The molecule has 164 valence electrons. The van der Waals surface area contributed by atoms with Crippen molar-refractivity contribution in [1.29, 1.82) is 0 Å². The van der Waals surface area contributed by atoms with Crippen LogP contribution in [-0.2, 0) is 16.9 Å². The van der Waals surface area contributed by atoms with Crippen molar-refractivity contribution in [2.24, 2.45) is 5.92 Å². The molecule has 0 saturated carbocycles. The highest BCUT2D eigenvalue weighted by molar-refractivity contribution is 6.11. The summed E-state index contributed by atoms with van der Waals surface area (Å²) in [6.45, 7) is 1.81. The molecule has 6 heteroatoms.